The Morgan fingerprint density at radius 2 is 2.15 bits per heavy atom. The topological polar surface area (TPSA) is 26.0 Å². The van der Waals surface area contributed by atoms with Gasteiger partial charge in [-0.25, -0.2) is 0 Å². The fourth-order valence-corrected chi connectivity index (χ4v) is 2.12. The molecule has 0 aliphatic heterocycles. The van der Waals surface area contributed by atoms with Crippen molar-refractivity contribution in [1.29, 1.82) is 0 Å². The second kappa shape index (κ2) is 4.32. The van der Waals surface area contributed by atoms with Gasteiger partial charge < -0.3 is 5.73 Å². The Kier molecular flexibility index (Phi) is 3.60. The van der Waals surface area contributed by atoms with E-state index in [0.717, 1.165) is 24.3 Å². The molecular weight excluding hydrogens is 205 g/mol. The minimum atomic E-state index is 0. The molecule has 13 heavy (non-hydrogen) atoms. The largest absolute Gasteiger partial charge is 0.324 e. The van der Waals surface area contributed by atoms with E-state index in [-0.39, 0.29) is 18.4 Å². The Morgan fingerprint density at radius 3 is 2.85 bits per heavy atom. The molecule has 0 spiro atoms. The van der Waals surface area contributed by atoms with Crippen LogP contribution >= 0.6 is 24.0 Å². The van der Waals surface area contributed by atoms with E-state index in [9.17, 15) is 0 Å². The number of benzene rings is 1. The first-order chi connectivity index (χ1) is 5.79. The summed E-state index contributed by atoms with van der Waals surface area (Å²) in [7, 11) is 0. The molecule has 0 aromatic heterocycles. The highest BCUT2D eigenvalue weighted by Crippen LogP contribution is 2.32. The zero-order chi connectivity index (χ0) is 8.55. The Morgan fingerprint density at radius 1 is 1.38 bits per heavy atom. The lowest BCUT2D eigenvalue weighted by Crippen LogP contribution is -2.17. The van der Waals surface area contributed by atoms with Crippen LogP contribution in [0.3, 0.4) is 0 Å². The Bertz CT molecular complexity index is 299. The average molecular weight is 218 g/mol. The van der Waals surface area contributed by atoms with Gasteiger partial charge in [0.15, 0.2) is 0 Å². The molecule has 1 aromatic carbocycles. The van der Waals surface area contributed by atoms with Crippen molar-refractivity contribution in [2.45, 2.75) is 25.3 Å². The van der Waals surface area contributed by atoms with Gasteiger partial charge in [0, 0.05) is 11.1 Å². The van der Waals surface area contributed by atoms with Crippen LogP contribution in [0.25, 0.3) is 0 Å². The fraction of sp³-hybridized carbons (Fsp3) is 0.400. The van der Waals surface area contributed by atoms with Gasteiger partial charge in [-0.1, -0.05) is 23.7 Å². The van der Waals surface area contributed by atoms with Crippen LogP contribution in [-0.4, -0.2) is 0 Å². The summed E-state index contributed by atoms with van der Waals surface area (Å²) in [4.78, 5) is 0. The van der Waals surface area contributed by atoms with Crippen molar-refractivity contribution in [1.82, 2.24) is 0 Å². The van der Waals surface area contributed by atoms with E-state index in [1.807, 2.05) is 12.1 Å². The minimum absolute atomic E-state index is 0. The molecule has 0 fully saturated rings. The third-order valence-electron chi connectivity index (χ3n) is 2.50. The van der Waals surface area contributed by atoms with Crippen LogP contribution in [0, 0.1) is 0 Å². The van der Waals surface area contributed by atoms with Crippen LogP contribution in [0.5, 0.6) is 0 Å². The highest BCUT2D eigenvalue weighted by Gasteiger charge is 2.17. The van der Waals surface area contributed by atoms with Gasteiger partial charge in [0.2, 0.25) is 0 Å². The molecule has 1 unspecified atom stereocenters. The molecule has 1 aliphatic carbocycles. The van der Waals surface area contributed by atoms with Crippen molar-refractivity contribution >= 4 is 24.0 Å². The monoisotopic (exact) mass is 217 g/mol. The number of rotatable bonds is 0. The Balaban J connectivity index is 0.000000845. The first kappa shape index (κ1) is 10.8. The lowest BCUT2D eigenvalue weighted by molar-refractivity contribution is 0.570. The van der Waals surface area contributed by atoms with E-state index in [0.29, 0.717) is 0 Å². The highest BCUT2D eigenvalue weighted by atomic mass is 35.5. The lowest BCUT2D eigenvalue weighted by atomic mass is 9.88. The van der Waals surface area contributed by atoms with Gasteiger partial charge in [0.25, 0.3) is 0 Å². The summed E-state index contributed by atoms with van der Waals surface area (Å²) in [5, 5.41) is 0.877. The normalized spacial score (nSPS) is 20.3. The maximum Gasteiger partial charge on any atom is 0.0441 e. The molecule has 0 radical (unpaired) electrons. The number of fused-ring (bicyclic) bond motifs is 1. The first-order valence-electron chi connectivity index (χ1n) is 4.32. The molecule has 3 heteroatoms. The summed E-state index contributed by atoms with van der Waals surface area (Å²) >= 11 is 6.05. The predicted octanol–water partition coefficient (Wildman–Crippen LogP) is 3.10. The number of hydrogen-bond acceptors (Lipinski definition) is 1. The van der Waals surface area contributed by atoms with Crippen molar-refractivity contribution in [2.24, 2.45) is 5.73 Å². The third-order valence-corrected chi connectivity index (χ3v) is 2.85. The lowest BCUT2D eigenvalue weighted by Gasteiger charge is -2.22. The molecule has 2 rings (SSSR count). The molecule has 2 N–H and O–H groups in total. The molecule has 1 atom stereocenters. The maximum absolute atomic E-state index is 6.05. The standard InChI is InChI=1S/C10H12ClN.ClH/c11-9-5-1-4-8-7(9)3-2-6-10(8)12;/h1,4-5,10H,2-3,6,12H2;1H. The summed E-state index contributed by atoms with van der Waals surface area (Å²) in [5.41, 5.74) is 8.46. The molecule has 72 valence electrons. The molecule has 0 saturated heterocycles. The second-order valence-corrected chi connectivity index (χ2v) is 3.71. The molecule has 0 amide bonds. The molecular formula is C10H13Cl2N. The maximum atomic E-state index is 6.05. The summed E-state index contributed by atoms with van der Waals surface area (Å²) in [5.74, 6) is 0. The minimum Gasteiger partial charge on any atom is -0.324 e. The van der Waals surface area contributed by atoms with Crippen molar-refractivity contribution in [2.75, 3.05) is 0 Å². The fourth-order valence-electron chi connectivity index (χ4n) is 1.84. The summed E-state index contributed by atoms with van der Waals surface area (Å²) in [6.45, 7) is 0. The van der Waals surface area contributed by atoms with Gasteiger partial charge in [-0.3, -0.25) is 0 Å². The summed E-state index contributed by atoms with van der Waals surface area (Å²) < 4.78 is 0. The van der Waals surface area contributed by atoms with Crippen molar-refractivity contribution < 1.29 is 0 Å². The van der Waals surface area contributed by atoms with Gasteiger partial charge in [-0.15, -0.1) is 12.4 Å². The van der Waals surface area contributed by atoms with Gasteiger partial charge in [0.05, 0.1) is 0 Å². The Hall–Kier alpha value is -0.240. The van der Waals surface area contributed by atoms with Gasteiger partial charge in [-0.05, 0) is 36.5 Å². The van der Waals surface area contributed by atoms with Gasteiger partial charge in [0.1, 0.15) is 0 Å². The van der Waals surface area contributed by atoms with Crippen LogP contribution in [0.15, 0.2) is 18.2 Å². The molecule has 1 aliphatic rings. The first-order valence-corrected chi connectivity index (χ1v) is 4.69. The van der Waals surface area contributed by atoms with Crippen LogP contribution in [0.4, 0.5) is 0 Å². The Labute approximate surface area is 89.7 Å². The quantitative estimate of drug-likeness (QED) is 0.711. The highest BCUT2D eigenvalue weighted by molar-refractivity contribution is 6.31. The zero-order valence-electron chi connectivity index (χ0n) is 7.29. The zero-order valence-corrected chi connectivity index (χ0v) is 8.87. The van der Waals surface area contributed by atoms with Crippen LogP contribution in [0.2, 0.25) is 5.02 Å². The van der Waals surface area contributed by atoms with Gasteiger partial charge >= 0.3 is 0 Å². The van der Waals surface area contributed by atoms with E-state index in [1.165, 1.54) is 11.1 Å². The van der Waals surface area contributed by atoms with Crippen LogP contribution in [-0.2, 0) is 6.42 Å². The van der Waals surface area contributed by atoms with E-state index in [4.69, 9.17) is 17.3 Å². The van der Waals surface area contributed by atoms with Crippen molar-refractivity contribution in [3.8, 4) is 0 Å². The molecule has 0 saturated carbocycles. The van der Waals surface area contributed by atoms with E-state index in [2.05, 4.69) is 6.07 Å². The van der Waals surface area contributed by atoms with Crippen LogP contribution < -0.4 is 5.73 Å². The second-order valence-electron chi connectivity index (χ2n) is 3.31. The van der Waals surface area contributed by atoms with E-state index < -0.39 is 0 Å². The van der Waals surface area contributed by atoms with E-state index in [1.54, 1.807) is 0 Å². The SMILES string of the molecule is Cl.NC1CCCc2c(Cl)cccc21. The number of hydrogen-bond donors (Lipinski definition) is 1. The van der Waals surface area contributed by atoms with Gasteiger partial charge in [-0.2, -0.15) is 0 Å². The third kappa shape index (κ3) is 1.98. The smallest absolute Gasteiger partial charge is 0.0441 e. The molecule has 0 heterocycles. The van der Waals surface area contributed by atoms with Crippen molar-refractivity contribution in [3.05, 3.63) is 34.3 Å². The summed E-state index contributed by atoms with van der Waals surface area (Å²) in [6, 6.07) is 6.21. The average Bonchev–Trinajstić information content (AvgIpc) is 2.07. The summed E-state index contributed by atoms with van der Waals surface area (Å²) in [6.07, 6.45) is 3.34. The predicted molar refractivity (Wildman–Crippen MR) is 58.6 cm³/mol. The number of nitrogens with two attached hydrogens (primary N) is 1. The molecule has 1 aromatic rings. The van der Waals surface area contributed by atoms with E-state index >= 15 is 0 Å². The van der Waals surface area contributed by atoms with Crippen LogP contribution in [0.1, 0.15) is 30.0 Å². The number of halogens is 2. The van der Waals surface area contributed by atoms with Crippen molar-refractivity contribution in [3.63, 3.8) is 0 Å². The molecule has 0 bridgehead atoms. The molecule has 1 nitrogen and oxygen atoms in total.